The minimum atomic E-state index is -4.39. The van der Waals surface area contributed by atoms with Gasteiger partial charge in [0.15, 0.2) is 5.96 Å². The van der Waals surface area contributed by atoms with E-state index in [9.17, 15) is 13.2 Å². The van der Waals surface area contributed by atoms with Gasteiger partial charge in [-0.05, 0) is 30.9 Å². The molecule has 3 N–H and O–H groups in total. The predicted octanol–water partition coefficient (Wildman–Crippen LogP) is 4.06. The maximum absolute atomic E-state index is 13.3. The molecule has 2 aromatic rings. The Bertz CT molecular complexity index is 739. The number of halogens is 4. The van der Waals surface area contributed by atoms with Crippen LogP contribution in [-0.4, -0.2) is 30.1 Å². The van der Waals surface area contributed by atoms with Crippen molar-refractivity contribution < 1.29 is 13.2 Å². The van der Waals surface area contributed by atoms with Crippen LogP contribution in [-0.2, 0) is 12.6 Å². The Morgan fingerprint density at radius 1 is 1.28 bits per heavy atom. The number of alkyl halides is 3. The van der Waals surface area contributed by atoms with Crippen LogP contribution in [0.15, 0.2) is 29.3 Å². The topological polar surface area (TPSA) is 52.2 Å². The number of hydrogen-bond acceptors (Lipinski definition) is 3. The van der Waals surface area contributed by atoms with E-state index in [-0.39, 0.29) is 30.4 Å². The summed E-state index contributed by atoms with van der Waals surface area (Å²) < 4.78 is 39.8. The Balaban J connectivity index is 0.00000225. The average molecular weight is 466 g/mol. The summed E-state index contributed by atoms with van der Waals surface area (Å²) in [5.74, 6) is 0.682. The first-order valence-electron chi connectivity index (χ1n) is 8.20. The van der Waals surface area contributed by atoms with Crippen LogP contribution in [0.2, 0.25) is 0 Å². The molecule has 0 fully saturated rings. The van der Waals surface area contributed by atoms with Gasteiger partial charge in [-0.25, -0.2) is 0 Å². The van der Waals surface area contributed by atoms with Gasteiger partial charge in [0.05, 0.1) is 0 Å². The number of para-hydroxylation sites is 1. The maximum atomic E-state index is 13.3. The molecule has 1 atom stereocenters. The standard InChI is InChI=1S/C17H21F3N4.HI/c1-2-11-7-9-21-16(23-11)22-10-8-13-12-5-3-4-6-14(12)24-15(13)17(18,19)20;/h3-6,11,24H,2,7-10H2,1H3,(H2,21,22,23);1H. The molecule has 1 aromatic carbocycles. The molecule has 0 spiro atoms. The molecule has 1 unspecified atom stereocenters. The molecule has 138 valence electrons. The summed E-state index contributed by atoms with van der Waals surface area (Å²) in [4.78, 5) is 6.85. The van der Waals surface area contributed by atoms with Crippen LogP contribution in [0.4, 0.5) is 13.2 Å². The van der Waals surface area contributed by atoms with Gasteiger partial charge >= 0.3 is 6.18 Å². The summed E-state index contributed by atoms with van der Waals surface area (Å²) in [6.07, 6.45) is -2.12. The lowest BCUT2D eigenvalue weighted by Crippen LogP contribution is -2.46. The van der Waals surface area contributed by atoms with Crippen molar-refractivity contribution in [1.82, 2.24) is 15.6 Å². The minimum absolute atomic E-state index is 0. The molecule has 0 radical (unpaired) electrons. The number of aliphatic imine (C=N–C) groups is 1. The quantitative estimate of drug-likeness (QED) is 0.596. The molecule has 0 amide bonds. The van der Waals surface area contributed by atoms with E-state index in [0.29, 0.717) is 35.0 Å². The summed E-state index contributed by atoms with van der Waals surface area (Å²) in [6.45, 7) is 3.24. The fraction of sp³-hybridized carbons (Fsp3) is 0.471. The van der Waals surface area contributed by atoms with Crippen LogP contribution in [0.5, 0.6) is 0 Å². The van der Waals surface area contributed by atoms with Crippen molar-refractivity contribution in [3.05, 3.63) is 35.5 Å². The van der Waals surface area contributed by atoms with Gasteiger partial charge in [-0.3, -0.25) is 4.99 Å². The molecule has 0 saturated heterocycles. The molecule has 2 heterocycles. The van der Waals surface area contributed by atoms with Crippen molar-refractivity contribution in [3.8, 4) is 0 Å². The monoisotopic (exact) mass is 466 g/mol. The van der Waals surface area contributed by atoms with E-state index in [1.54, 1.807) is 24.3 Å². The van der Waals surface area contributed by atoms with Crippen LogP contribution in [0.3, 0.4) is 0 Å². The molecule has 8 heteroatoms. The summed E-state index contributed by atoms with van der Waals surface area (Å²) in [5, 5.41) is 7.02. The van der Waals surface area contributed by atoms with Crippen molar-refractivity contribution in [1.29, 1.82) is 0 Å². The molecule has 1 aliphatic rings. The zero-order valence-electron chi connectivity index (χ0n) is 13.9. The molecule has 1 aliphatic heterocycles. The van der Waals surface area contributed by atoms with Gasteiger partial charge in [0, 0.05) is 30.0 Å². The van der Waals surface area contributed by atoms with Crippen LogP contribution in [0.1, 0.15) is 31.0 Å². The highest BCUT2D eigenvalue weighted by Crippen LogP contribution is 2.35. The molecular formula is C17H22F3IN4. The van der Waals surface area contributed by atoms with Crippen LogP contribution in [0.25, 0.3) is 10.9 Å². The first kappa shape index (κ1) is 19.9. The van der Waals surface area contributed by atoms with Crippen molar-refractivity contribution in [2.45, 2.75) is 38.4 Å². The first-order valence-corrected chi connectivity index (χ1v) is 8.20. The lowest BCUT2D eigenvalue weighted by Gasteiger charge is -2.24. The van der Waals surface area contributed by atoms with E-state index in [2.05, 4.69) is 27.5 Å². The van der Waals surface area contributed by atoms with E-state index < -0.39 is 11.9 Å². The SMILES string of the molecule is CCC1CCN=C(NCCc2c(C(F)(F)F)[nH]c3ccccc23)N1.I. The molecule has 0 bridgehead atoms. The number of nitrogens with zero attached hydrogens (tertiary/aromatic N) is 1. The van der Waals surface area contributed by atoms with E-state index in [0.717, 1.165) is 19.4 Å². The summed E-state index contributed by atoms with van der Waals surface area (Å²) in [7, 11) is 0. The number of guanidine groups is 1. The minimum Gasteiger partial charge on any atom is -0.356 e. The van der Waals surface area contributed by atoms with Gasteiger partial charge in [-0.1, -0.05) is 25.1 Å². The second kappa shape index (κ2) is 8.29. The number of benzene rings is 1. The zero-order chi connectivity index (χ0) is 17.2. The van der Waals surface area contributed by atoms with Gasteiger partial charge in [0.1, 0.15) is 5.69 Å². The second-order valence-corrected chi connectivity index (χ2v) is 5.97. The number of aromatic amines is 1. The molecule has 4 nitrogen and oxygen atoms in total. The highest BCUT2D eigenvalue weighted by Gasteiger charge is 2.36. The Labute approximate surface area is 161 Å². The number of hydrogen-bond donors (Lipinski definition) is 3. The van der Waals surface area contributed by atoms with E-state index >= 15 is 0 Å². The van der Waals surface area contributed by atoms with Crippen molar-refractivity contribution in [2.75, 3.05) is 13.1 Å². The molecule has 3 rings (SSSR count). The third-order valence-electron chi connectivity index (χ3n) is 4.35. The fourth-order valence-electron chi connectivity index (χ4n) is 3.06. The van der Waals surface area contributed by atoms with E-state index in [1.165, 1.54) is 0 Å². The van der Waals surface area contributed by atoms with E-state index in [4.69, 9.17) is 0 Å². The molecule has 0 aliphatic carbocycles. The second-order valence-electron chi connectivity index (χ2n) is 5.97. The van der Waals surface area contributed by atoms with Crippen LogP contribution in [0, 0.1) is 0 Å². The first-order chi connectivity index (χ1) is 11.5. The smallest absolute Gasteiger partial charge is 0.356 e. The Morgan fingerprint density at radius 2 is 2.04 bits per heavy atom. The maximum Gasteiger partial charge on any atom is 0.431 e. The highest BCUT2D eigenvalue weighted by molar-refractivity contribution is 14.0. The fourth-order valence-corrected chi connectivity index (χ4v) is 3.06. The normalized spacial score (nSPS) is 17.6. The summed E-state index contributed by atoms with van der Waals surface area (Å²) in [6, 6.07) is 7.25. The molecule has 1 aromatic heterocycles. The Hall–Kier alpha value is -1.45. The van der Waals surface area contributed by atoms with Gasteiger partial charge in [-0.15, -0.1) is 24.0 Å². The third kappa shape index (κ3) is 4.59. The van der Waals surface area contributed by atoms with Crippen LogP contribution >= 0.6 is 24.0 Å². The zero-order valence-corrected chi connectivity index (χ0v) is 16.2. The van der Waals surface area contributed by atoms with Gasteiger partial charge in [0.25, 0.3) is 0 Å². The number of H-pyrrole nitrogens is 1. The Kier molecular flexibility index (Phi) is 6.59. The van der Waals surface area contributed by atoms with Crippen molar-refractivity contribution in [3.63, 3.8) is 0 Å². The number of aromatic nitrogens is 1. The summed E-state index contributed by atoms with van der Waals surface area (Å²) in [5.41, 5.74) is 0.156. The molecular weight excluding hydrogens is 444 g/mol. The average Bonchev–Trinajstić information content (AvgIpc) is 2.94. The predicted molar refractivity (Wildman–Crippen MR) is 105 cm³/mol. The number of fused-ring (bicyclic) bond motifs is 1. The van der Waals surface area contributed by atoms with E-state index in [1.807, 2.05) is 0 Å². The van der Waals surface area contributed by atoms with Gasteiger partial charge < -0.3 is 15.6 Å². The highest BCUT2D eigenvalue weighted by atomic mass is 127. The van der Waals surface area contributed by atoms with Crippen molar-refractivity contribution >= 4 is 40.8 Å². The number of rotatable bonds is 4. The van der Waals surface area contributed by atoms with Crippen molar-refractivity contribution in [2.24, 2.45) is 4.99 Å². The van der Waals surface area contributed by atoms with Gasteiger partial charge in [0.2, 0.25) is 0 Å². The van der Waals surface area contributed by atoms with Gasteiger partial charge in [-0.2, -0.15) is 13.2 Å². The lowest BCUT2D eigenvalue weighted by atomic mass is 10.1. The number of nitrogens with one attached hydrogen (secondary N) is 3. The van der Waals surface area contributed by atoms with Crippen LogP contribution < -0.4 is 10.6 Å². The third-order valence-corrected chi connectivity index (χ3v) is 4.35. The Morgan fingerprint density at radius 3 is 2.76 bits per heavy atom. The molecule has 25 heavy (non-hydrogen) atoms. The summed E-state index contributed by atoms with van der Waals surface area (Å²) >= 11 is 0. The largest absolute Gasteiger partial charge is 0.431 e. The lowest BCUT2D eigenvalue weighted by molar-refractivity contribution is -0.141. The molecule has 0 saturated carbocycles.